The number of ether oxygens (including phenoxy) is 3. The van der Waals surface area contributed by atoms with Gasteiger partial charge in [0.25, 0.3) is 0 Å². The summed E-state index contributed by atoms with van der Waals surface area (Å²) in [5, 5.41) is 10.3. The molecular weight excluding hydrogens is 358 g/mol. The second-order valence-corrected chi connectivity index (χ2v) is 7.28. The van der Waals surface area contributed by atoms with E-state index in [-0.39, 0.29) is 17.3 Å². The van der Waals surface area contributed by atoms with Crippen molar-refractivity contribution in [2.24, 2.45) is 0 Å². The predicted molar refractivity (Wildman–Crippen MR) is 105 cm³/mol. The lowest BCUT2D eigenvalue weighted by molar-refractivity contribution is 0.0612. The van der Waals surface area contributed by atoms with Gasteiger partial charge in [0.05, 0.1) is 26.4 Å². The third kappa shape index (κ3) is 2.41. The third-order valence-electron chi connectivity index (χ3n) is 5.98. The summed E-state index contributed by atoms with van der Waals surface area (Å²) in [7, 11) is 5.19. The average Bonchev–Trinajstić information content (AvgIpc) is 3.00. The molecule has 1 unspecified atom stereocenters. The van der Waals surface area contributed by atoms with Gasteiger partial charge >= 0.3 is 0 Å². The maximum absolute atomic E-state index is 13.8. The summed E-state index contributed by atoms with van der Waals surface area (Å²) < 4.78 is 16.6. The van der Waals surface area contributed by atoms with Gasteiger partial charge in [-0.3, -0.25) is 9.69 Å². The summed E-state index contributed by atoms with van der Waals surface area (Å²) in [6.45, 7) is 2.97. The Hall–Kier alpha value is -2.73. The van der Waals surface area contributed by atoms with Gasteiger partial charge in [0.1, 0.15) is 5.54 Å². The molecule has 2 aromatic carbocycles. The van der Waals surface area contributed by atoms with E-state index in [4.69, 9.17) is 14.2 Å². The van der Waals surface area contributed by atoms with Crippen LogP contribution in [0.5, 0.6) is 23.0 Å². The lowest BCUT2D eigenvalue weighted by Crippen LogP contribution is -2.52. The van der Waals surface area contributed by atoms with Crippen LogP contribution in [0.3, 0.4) is 0 Å². The number of aromatic hydroxyl groups is 1. The van der Waals surface area contributed by atoms with Crippen molar-refractivity contribution in [2.75, 3.05) is 34.4 Å². The number of phenolic OH excluding ortho intramolecular Hbond substituents is 1. The Morgan fingerprint density at radius 3 is 2.54 bits per heavy atom. The first kappa shape index (κ1) is 18.6. The lowest BCUT2D eigenvalue weighted by atomic mass is 9.77. The fourth-order valence-electron chi connectivity index (χ4n) is 4.59. The van der Waals surface area contributed by atoms with Gasteiger partial charge in [0.15, 0.2) is 28.8 Å². The molecule has 0 saturated carbocycles. The van der Waals surface area contributed by atoms with Gasteiger partial charge in [-0.1, -0.05) is 6.07 Å². The van der Waals surface area contributed by atoms with E-state index in [2.05, 4.69) is 4.90 Å². The van der Waals surface area contributed by atoms with Gasteiger partial charge in [-0.2, -0.15) is 0 Å². The molecule has 1 heterocycles. The molecule has 148 valence electrons. The molecule has 1 atom stereocenters. The number of rotatable bonds is 4. The second kappa shape index (κ2) is 6.71. The summed E-state index contributed by atoms with van der Waals surface area (Å²) in [5.41, 5.74) is 2.55. The van der Waals surface area contributed by atoms with Crippen LogP contribution in [0.25, 0.3) is 0 Å². The summed E-state index contributed by atoms with van der Waals surface area (Å²) in [4.78, 5) is 16.0. The minimum atomic E-state index is -0.838. The predicted octanol–water partition coefficient (Wildman–Crippen LogP) is 2.93. The molecule has 6 nitrogen and oxygen atoms in total. The molecule has 0 bridgehead atoms. The maximum atomic E-state index is 13.8. The number of ketones is 1. The average molecular weight is 383 g/mol. The van der Waals surface area contributed by atoms with E-state index in [1.807, 2.05) is 32.2 Å². The van der Waals surface area contributed by atoms with Crippen LogP contribution in [0, 0.1) is 0 Å². The molecule has 1 N–H and O–H groups in total. The summed E-state index contributed by atoms with van der Waals surface area (Å²) in [5.74, 6) is 1.50. The van der Waals surface area contributed by atoms with E-state index >= 15 is 0 Å². The number of hydrogen-bond donors (Lipinski definition) is 1. The Kier molecular flexibility index (Phi) is 4.46. The summed E-state index contributed by atoms with van der Waals surface area (Å²) in [6, 6.07) is 7.32. The van der Waals surface area contributed by atoms with Gasteiger partial charge in [0, 0.05) is 13.0 Å². The SMILES string of the molecule is CCOc1c(O)ccc2c1C(=O)C1(C2)c2cc(OC)c(OC)cc2CCN1C. The molecule has 28 heavy (non-hydrogen) atoms. The minimum absolute atomic E-state index is 0.00278. The van der Waals surface area contributed by atoms with Crippen LogP contribution in [-0.2, 0) is 18.4 Å². The topological polar surface area (TPSA) is 68.2 Å². The van der Waals surface area contributed by atoms with Crippen LogP contribution in [0.4, 0.5) is 0 Å². The third-order valence-corrected chi connectivity index (χ3v) is 5.98. The van der Waals surface area contributed by atoms with Crippen molar-refractivity contribution in [2.45, 2.75) is 25.3 Å². The van der Waals surface area contributed by atoms with Crippen LogP contribution in [0.2, 0.25) is 0 Å². The fourth-order valence-corrected chi connectivity index (χ4v) is 4.59. The fraction of sp³-hybridized carbons (Fsp3) is 0.409. The first-order chi connectivity index (χ1) is 13.5. The highest BCUT2D eigenvalue weighted by Gasteiger charge is 2.54. The number of Topliss-reactive ketones (excluding diaryl/α,β-unsaturated/α-hetero) is 1. The van der Waals surface area contributed by atoms with Crippen LogP contribution >= 0.6 is 0 Å². The van der Waals surface area contributed by atoms with E-state index in [0.29, 0.717) is 30.1 Å². The highest BCUT2D eigenvalue weighted by atomic mass is 16.5. The van der Waals surface area contributed by atoms with Crippen molar-refractivity contribution >= 4 is 5.78 Å². The molecule has 2 aliphatic rings. The second-order valence-electron chi connectivity index (χ2n) is 7.28. The highest BCUT2D eigenvalue weighted by Crippen LogP contribution is 2.51. The quantitative estimate of drug-likeness (QED) is 0.876. The Labute approximate surface area is 164 Å². The lowest BCUT2D eigenvalue weighted by Gasteiger charge is -2.43. The van der Waals surface area contributed by atoms with Crippen molar-refractivity contribution in [1.82, 2.24) is 4.90 Å². The van der Waals surface area contributed by atoms with Gasteiger partial charge in [-0.15, -0.1) is 0 Å². The zero-order chi connectivity index (χ0) is 20.1. The van der Waals surface area contributed by atoms with E-state index in [1.54, 1.807) is 20.3 Å². The maximum Gasteiger partial charge on any atom is 0.192 e. The number of methoxy groups -OCH3 is 2. The molecule has 0 aromatic heterocycles. The normalized spacial score (nSPS) is 20.8. The number of phenols is 1. The van der Waals surface area contributed by atoms with Gasteiger partial charge in [-0.25, -0.2) is 0 Å². The summed E-state index contributed by atoms with van der Waals surface area (Å²) in [6.07, 6.45) is 1.35. The molecule has 2 aromatic rings. The molecule has 0 saturated heterocycles. The van der Waals surface area contributed by atoms with Crippen molar-refractivity contribution in [3.8, 4) is 23.0 Å². The van der Waals surface area contributed by atoms with Crippen molar-refractivity contribution < 1.29 is 24.1 Å². The zero-order valence-electron chi connectivity index (χ0n) is 16.7. The standard InChI is InChI=1S/C22H25NO5/c1-5-28-20-16(24)7-6-14-12-22(21(25)19(14)20)15-11-18(27-4)17(26-3)10-13(15)8-9-23(22)2/h6-7,10-11,24H,5,8-9,12H2,1-4H3. The molecule has 0 radical (unpaired) electrons. The van der Waals surface area contributed by atoms with Crippen LogP contribution in [0.1, 0.15) is 34.0 Å². The molecule has 1 spiro atoms. The molecule has 6 heteroatoms. The number of carbonyl (C=O) groups excluding carboxylic acids is 1. The number of likely N-dealkylation sites (N-methyl/N-ethyl adjacent to an activating group) is 1. The van der Waals surface area contributed by atoms with Crippen LogP contribution in [0.15, 0.2) is 24.3 Å². The Morgan fingerprint density at radius 2 is 1.86 bits per heavy atom. The van der Waals surface area contributed by atoms with Crippen LogP contribution < -0.4 is 14.2 Å². The largest absolute Gasteiger partial charge is 0.504 e. The highest BCUT2D eigenvalue weighted by molar-refractivity contribution is 6.11. The Balaban J connectivity index is 1.94. The van der Waals surface area contributed by atoms with E-state index in [0.717, 1.165) is 29.7 Å². The molecule has 0 fully saturated rings. The number of benzene rings is 2. The van der Waals surface area contributed by atoms with Crippen LogP contribution in [-0.4, -0.2) is 50.2 Å². The van der Waals surface area contributed by atoms with Crippen molar-refractivity contribution in [3.63, 3.8) is 0 Å². The number of hydrogen-bond acceptors (Lipinski definition) is 6. The smallest absolute Gasteiger partial charge is 0.192 e. The molecule has 0 amide bonds. The van der Waals surface area contributed by atoms with E-state index < -0.39 is 5.54 Å². The molecular formula is C22H25NO5. The number of nitrogens with zero attached hydrogens (tertiary/aromatic N) is 1. The van der Waals surface area contributed by atoms with Crippen molar-refractivity contribution in [3.05, 3.63) is 46.5 Å². The number of fused-ring (bicyclic) bond motifs is 3. The molecule has 4 rings (SSSR count). The van der Waals surface area contributed by atoms with E-state index in [9.17, 15) is 9.90 Å². The first-order valence-corrected chi connectivity index (χ1v) is 9.47. The minimum Gasteiger partial charge on any atom is -0.504 e. The molecule has 1 aliphatic carbocycles. The van der Waals surface area contributed by atoms with Gasteiger partial charge < -0.3 is 19.3 Å². The molecule has 1 aliphatic heterocycles. The first-order valence-electron chi connectivity index (χ1n) is 9.47. The number of carbonyl (C=O) groups is 1. The van der Waals surface area contributed by atoms with Crippen molar-refractivity contribution in [1.29, 1.82) is 0 Å². The zero-order valence-corrected chi connectivity index (χ0v) is 16.7. The summed E-state index contributed by atoms with van der Waals surface area (Å²) >= 11 is 0. The Bertz CT molecular complexity index is 954. The monoisotopic (exact) mass is 383 g/mol. The Morgan fingerprint density at radius 1 is 1.14 bits per heavy atom. The van der Waals surface area contributed by atoms with Gasteiger partial charge in [-0.05, 0) is 55.3 Å². The van der Waals surface area contributed by atoms with E-state index in [1.165, 1.54) is 0 Å². The van der Waals surface area contributed by atoms with Gasteiger partial charge in [0.2, 0.25) is 0 Å².